The molecule has 0 aromatic heterocycles. The van der Waals surface area contributed by atoms with Crippen LogP contribution in [0.15, 0.2) is 24.3 Å². The van der Waals surface area contributed by atoms with Crippen LogP contribution in [0.1, 0.15) is 33.1 Å². The zero-order valence-corrected chi connectivity index (χ0v) is 13.3. The van der Waals surface area contributed by atoms with Gasteiger partial charge >= 0.3 is 0 Å². The SMILES string of the molecule is COc1ccc(NC(=O)C2CCCN2CCC(C)C)cc1. The van der Waals surface area contributed by atoms with Gasteiger partial charge in [-0.15, -0.1) is 0 Å². The molecular weight excluding hydrogens is 264 g/mol. The second-order valence-electron chi connectivity index (χ2n) is 6.09. The van der Waals surface area contributed by atoms with Gasteiger partial charge in [-0.1, -0.05) is 13.8 Å². The van der Waals surface area contributed by atoms with Crippen molar-refractivity contribution in [2.24, 2.45) is 5.92 Å². The summed E-state index contributed by atoms with van der Waals surface area (Å²) in [6.45, 7) is 6.50. The molecule has 1 aromatic rings. The van der Waals surface area contributed by atoms with Gasteiger partial charge in [0.2, 0.25) is 5.91 Å². The van der Waals surface area contributed by atoms with Crippen molar-refractivity contribution in [3.05, 3.63) is 24.3 Å². The number of rotatable bonds is 6. The maximum absolute atomic E-state index is 12.4. The van der Waals surface area contributed by atoms with Gasteiger partial charge in [-0.2, -0.15) is 0 Å². The molecule has 4 nitrogen and oxygen atoms in total. The van der Waals surface area contributed by atoms with E-state index in [1.54, 1.807) is 7.11 Å². The van der Waals surface area contributed by atoms with Crippen LogP contribution in [0.5, 0.6) is 5.75 Å². The van der Waals surface area contributed by atoms with Gasteiger partial charge in [-0.3, -0.25) is 9.69 Å². The number of carbonyl (C=O) groups is 1. The average Bonchev–Trinajstić information content (AvgIpc) is 2.94. The van der Waals surface area contributed by atoms with Gasteiger partial charge in [-0.05, 0) is 62.5 Å². The Hall–Kier alpha value is -1.55. The lowest BCUT2D eigenvalue weighted by Crippen LogP contribution is -2.40. The molecule has 4 heteroatoms. The molecule has 0 aliphatic carbocycles. The predicted molar refractivity (Wildman–Crippen MR) is 85.7 cm³/mol. The Bertz CT molecular complexity index is 456. The number of ether oxygens (including phenoxy) is 1. The monoisotopic (exact) mass is 290 g/mol. The Morgan fingerprint density at radius 2 is 2.10 bits per heavy atom. The van der Waals surface area contributed by atoms with Crippen LogP contribution in [-0.4, -0.2) is 37.0 Å². The predicted octanol–water partition coefficient (Wildman–Crippen LogP) is 3.14. The van der Waals surface area contributed by atoms with Crippen LogP contribution >= 0.6 is 0 Å². The van der Waals surface area contributed by atoms with Gasteiger partial charge in [0.05, 0.1) is 13.2 Å². The van der Waals surface area contributed by atoms with Crippen molar-refractivity contribution in [2.75, 3.05) is 25.5 Å². The summed E-state index contributed by atoms with van der Waals surface area (Å²) in [7, 11) is 1.64. The fraction of sp³-hybridized carbons (Fsp3) is 0.588. The molecule has 1 atom stereocenters. The normalized spacial score (nSPS) is 19.0. The molecule has 1 fully saturated rings. The maximum atomic E-state index is 12.4. The number of anilines is 1. The lowest BCUT2D eigenvalue weighted by atomic mass is 10.1. The van der Waals surface area contributed by atoms with Crippen molar-refractivity contribution in [2.45, 2.75) is 39.2 Å². The number of hydrogen-bond acceptors (Lipinski definition) is 3. The molecule has 21 heavy (non-hydrogen) atoms. The van der Waals surface area contributed by atoms with Gasteiger partial charge < -0.3 is 10.1 Å². The summed E-state index contributed by atoms with van der Waals surface area (Å²) in [5.41, 5.74) is 0.830. The average molecular weight is 290 g/mol. The standard InChI is InChI=1S/C17H26N2O2/c1-13(2)10-12-19-11-4-5-16(19)17(20)18-14-6-8-15(21-3)9-7-14/h6-9,13,16H,4-5,10-12H2,1-3H3,(H,18,20). The molecular formula is C17H26N2O2. The largest absolute Gasteiger partial charge is 0.497 e. The van der Waals surface area contributed by atoms with Crippen LogP contribution in [0.2, 0.25) is 0 Å². The molecule has 1 saturated heterocycles. The van der Waals surface area contributed by atoms with E-state index in [-0.39, 0.29) is 11.9 Å². The first-order chi connectivity index (χ1) is 10.1. The highest BCUT2D eigenvalue weighted by Crippen LogP contribution is 2.21. The maximum Gasteiger partial charge on any atom is 0.241 e. The Morgan fingerprint density at radius 3 is 2.71 bits per heavy atom. The number of likely N-dealkylation sites (tertiary alicyclic amines) is 1. The third-order valence-corrected chi connectivity index (χ3v) is 4.02. The molecule has 2 rings (SSSR count). The highest BCUT2D eigenvalue weighted by atomic mass is 16.5. The first-order valence-electron chi connectivity index (χ1n) is 7.79. The Kier molecular flexibility index (Phi) is 5.62. The highest BCUT2D eigenvalue weighted by molar-refractivity contribution is 5.95. The van der Waals surface area contributed by atoms with Gasteiger partial charge in [-0.25, -0.2) is 0 Å². The minimum Gasteiger partial charge on any atom is -0.497 e. The van der Waals surface area contributed by atoms with Crippen LogP contribution in [0.4, 0.5) is 5.69 Å². The van der Waals surface area contributed by atoms with E-state index in [0.29, 0.717) is 5.92 Å². The molecule has 1 N–H and O–H groups in total. The molecule has 1 unspecified atom stereocenters. The molecule has 0 spiro atoms. The zero-order valence-electron chi connectivity index (χ0n) is 13.3. The lowest BCUT2D eigenvalue weighted by molar-refractivity contribution is -0.120. The van der Waals surface area contributed by atoms with Gasteiger partial charge in [0.25, 0.3) is 0 Å². The van der Waals surface area contributed by atoms with Crippen molar-refractivity contribution in [3.63, 3.8) is 0 Å². The second kappa shape index (κ2) is 7.46. The smallest absolute Gasteiger partial charge is 0.241 e. The van der Waals surface area contributed by atoms with Crippen LogP contribution in [-0.2, 0) is 4.79 Å². The number of carbonyl (C=O) groups excluding carboxylic acids is 1. The number of hydrogen-bond donors (Lipinski definition) is 1. The molecule has 0 saturated carbocycles. The van der Waals surface area contributed by atoms with Crippen molar-refractivity contribution in [1.29, 1.82) is 0 Å². The number of benzene rings is 1. The summed E-state index contributed by atoms with van der Waals surface area (Å²) in [6.07, 6.45) is 3.21. The topological polar surface area (TPSA) is 41.6 Å². The Balaban J connectivity index is 1.91. The Labute approximate surface area is 127 Å². The summed E-state index contributed by atoms with van der Waals surface area (Å²) < 4.78 is 5.12. The summed E-state index contributed by atoms with van der Waals surface area (Å²) in [6, 6.07) is 7.50. The third kappa shape index (κ3) is 4.46. The van der Waals surface area contributed by atoms with Crippen molar-refractivity contribution >= 4 is 11.6 Å². The van der Waals surface area contributed by atoms with E-state index in [1.807, 2.05) is 24.3 Å². The van der Waals surface area contributed by atoms with Gasteiger partial charge in [0.1, 0.15) is 5.75 Å². The van der Waals surface area contributed by atoms with E-state index in [2.05, 4.69) is 24.1 Å². The van der Waals surface area contributed by atoms with Crippen LogP contribution in [0, 0.1) is 5.92 Å². The quantitative estimate of drug-likeness (QED) is 0.875. The summed E-state index contributed by atoms with van der Waals surface area (Å²) >= 11 is 0. The molecule has 1 aromatic carbocycles. The van der Waals surface area contributed by atoms with Crippen LogP contribution in [0.3, 0.4) is 0 Å². The van der Waals surface area contributed by atoms with Crippen molar-refractivity contribution in [1.82, 2.24) is 4.90 Å². The van der Waals surface area contributed by atoms with Crippen LogP contribution in [0.25, 0.3) is 0 Å². The van der Waals surface area contributed by atoms with E-state index < -0.39 is 0 Å². The van der Waals surface area contributed by atoms with Crippen molar-refractivity contribution < 1.29 is 9.53 Å². The van der Waals surface area contributed by atoms with Gasteiger partial charge in [0.15, 0.2) is 0 Å². The minimum absolute atomic E-state index is 0.0193. The number of amides is 1. The van der Waals surface area contributed by atoms with Gasteiger partial charge in [0, 0.05) is 5.69 Å². The zero-order chi connectivity index (χ0) is 15.2. The number of nitrogens with zero attached hydrogens (tertiary/aromatic N) is 1. The molecule has 1 aliphatic heterocycles. The third-order valence-electron chi connectivity index (χ3n) is 4.02. The first-order valence-corrected chi connectivity index (χ1v) is 7.79. The van der Waals surface area contributed by atoms with Crippen molar-refractivity contribution in [3.8, 4) is 5.75 Å². The Morgan fingerprint density at radius 1 is 1.38 bits per heavy atom. The molecule has 0 bridgehead atoms. The number of methoxy groups -OCH3 is 1. The first kappa shape index (κ1) is 15.8. The molecule has 1 amide bonds. The second-order valence-corrected chi connectivity index (χ2v) is 6.09. The molecule has 0 radical (unpaired) electrons. The van der Waals surface area contributed by atoms with E-state index in [9.17, 15) is 4.79 Å². The minimum atomic E-state index is 0.0193. The van der Waals surface area contributed by atoms with E-state index >= 15 is 0 Å². The fourth-order valence-electron chi connectivity index (χ4n) is 2.71. The number of nitrogens with one attached hydrogen (secondary N) is 1. The van der Waals surface area contributed by atoms with E-state index in [0.717, 1.165) is 43.8 Å². The molecule has 1 heterocycles. The van der Waals surface area contributed by atoms with E-state index in [4.69, 9.17) is 4.74 Å². The lowest BCUT2D eigenvalue weighted by Gasteiger charge is -2.24. The molecule has 1 aliphatic rings. The van der Waals surface area contributed by atoms with Crippen LogP contribution < -0.4 is 10.1 Å². The summed E-state index contributed by atoms with van der Waals surface area (Å²) in [5.74, 6) is 1.59. The highest BCUT2D eigenvalue weighted by Gasteiger charge is 2.30. The summed E-state index contributed by atoms with van der Waals surface area (Å²) in [4.78, 5) is 14.8. The van der Waals surface area contributed by atoms with E-state index in [1.165, 1.54) is 0 Å². The summed E-state index contributed by atoms with van der Waals surface area (Å²) in [5, 5.41) is 3.02. The molecule has 116 valence electrons. The fourth-order valence-corrected chi connectivity index (χ4v) is 2.71.